The Kier molecular flexibility index (Phi) is 6.10. The number of anilines is 1. The fourth-order valence-corrected chi connectivity index (χ4v) is 4.72. The largest absolute Gasteiger partial charge is 0.497 e. The van der Waals surface area contributed by atoms with E-state index in [1.807, 2.05) is 35.6 Å². The summed E-state index contributed by atoms with van der Waals surface area (Å²) < 4.78 is 28.5. The third-order valence-corrected chi connectivity index (χ3v) is 6.82. The second kappa shape index (κ2) is 9.22. The van der Waals surface area contributed by atoms with Crippen LogP contribution in [0.3, 0.4) is 0 Å². The first kappa shape index (κ1) is 23.2. The zero-order chi connectivity index (χ0) is 24.7. The highest BCUT2D eigenvalue weighted by atomic mass is 19.1. The number of amides is 1. The summed E-state index contributed by atoms with van der Waals surface area (Å²) in [6.07, 6.45) is 1.58. The van der Waals surface area contributed by atoms with Crippen molar-refractivity contribution >= 4 is 22.5 Å². The molecule has 1 atom stereocenters. The standard InChI is InChI=1S/C26H29FN4O4/c1-16-15-35-25-22-19(12-21(27)23(25)30-10-8-29(2)9-11-30)24(32)20(14-31(16)22)26(33)28-13-17-4-6-18(34-3)7-5-17/h4-7,12,14,16H,8-11,13,15H2,1-3H3,(H,28,33). The number of ether oxygens (including phenoxy) is 2. The smallest absolute Gasteiger partial charge is 0.257 e. The molecule has 2 aliphatic rings. The fourth-order valence-electron chi connectivity index (χ4n) is 4.72. The van der Waals surface area contributed by atoms with E-state index in [2.05, 4.69) is 10.2 Å². The second-order valence-electron chi connectivity index (χ2n) is 9.19. The molecule has 3 heterocycles. The monoisotopic (exact) mass is 480 g/mol. The van der Waals surface area contributed by atoms with Crippen LogP contribution in [0.15, 0.2) is 41.3 Å². The number of benzene rings is 2. The molecule has 8 nitrogen and oxygen atoms in total. The van der Waals surface area contributed by atoms with Crippen molar-refractivity contribution in [3.05, 3.63) is 63.7 Å². The number of nitrogens with one attached hydrogen (secondary N) is 1. The van der Waals surface area contributed by atoms with Crippen LogP contribution in [0.1, 0.15) is 28.9 Å². The average Bonchev–Trinajstić information content (AvgIpc) is 2.87. The molecular weight excluding hydrogens is 451 g/mol. The Morgan fingerprint density at radius 3 is 2.60 bits per heavy atom. The lowest BCUT2D eigenvalue weighted by Crippen LogP contribution is -2.45. The van der Waals surface area contributed by atoms with Crippen LogP contribution in [0.5, 0.6) is 11.5 Å². The van der Waals surface area contributed by atoms with E-state index in [-0.39, 0.29) is 23.5 Å². The molecule has 2 aromatic carbocycles. The summed E-state index contributed by atoms with van der Waals surface area (Å²) in [5.74, 6) is 0.0909. The van der Waals surface area contributed by atoms with Gasteiger partial charge in [0.2, 0.25) is 5.43 Å². The zero-order valence-electron chi connectivity index (χ0n) is 20.1. The van der Waals surface area contributed by atoms with Gasteiger partial charge in [0.25, 0.3) is 5.91 Å². The Morgan fingerprint density at radius 1 is 1.20 bits per heavy atom. The van der Waals surface area contributed by atoms with Crippen LogP contribution >= 0.6 is 0 Å². The van der Waals surface area contributed by atoms with Gasteiger partial charge in [-0.2, -0.15) is 0 Å². The molecule has 1 fully saturated rings. The lowest BCUT2D eigenvalue weighted by atomic mass is 10.0. The number of halogens is 1. The molecule has 1 unspecified atom stereocenters. The van der Waals surface area contributed by atoms with Gasteiger partial charge < -0.3 is 29.2 Å². The van der Waals surface area contributed by atoms with Crippen LogP contribution in [0.25, 0.3) is 10.9 Å². The van der Waals surface area contributed by atoms with E-state index in [0.717, 1.165) is 24.4 Å². The minimum absolute atomic E-state index is 0.0162. The Hall–Kier alpha value is -3.59. The molecule has 5 rings (SSSR count). The topological polar surface area (TPSA) is 76.0 Å². The molecule has 1 N–H and O–H groups in total. The van der Waals surface area contributed by atoms with Gasteiger partial charge in [0.15, 0.2) is 11.6 Å². The molecular formula is C26H29FN4O4. The Labute approximate surface area is 202 Å². The van der Waals surface area contributed by atoms with E-state index in [4.69, 9.17) is 9.47 Å². The van der Waals surface area contributed by atoms with Gasteiger partial charge in [-0.3, -0.25) is 9.59 Å². The number of likely N-dealkylation sites (N-methyl/N-ethyl adjacent to an activating group) is 1. The summed E-state index contributed by atoms with van der Waals surface area (Å²) in [5.41, 5.74) is 1.27. The van der Waals surface area contributed by atoms with Crippen LogP contribution in [0, 0.1) is 5.82 Å². The van der Waals surface area contributed by atoms with Crippen molar-refractivity contribution in [1.29, 1.82) is 0 Å². The van der Waals surface area contributed by atoms with Crippen molar-refractivity contribution in [3.8, 4) is 11.5 Å². The number of carbonyl (C=O) groups is 1. The fraction of sp³-hybridized carbons (Fsp3) is 0.385. The van der Waals surface area contributed by atoms with Crippen molar-refractivity contribution in [2.24, 2.45) is 0 Å². The van der Waals surface area contributed by atoms with Gasteiger partial charge >= 0.3 is 0 Å². The molecule has 2 aliphatic heterocycles. The molecule has 1 amide bonds. The van der Waals surface area contributed by atoms with Gasteiger partial charge in [-0.05, 0) is 37.7 Å². The van der Waals surface area contributed by atoms with Crippen LogP contribution in [0.4, 0.5) is 10.1 Å². The van der Waals surface area contributed by atoms with E-state index in [9.17, 15) is 9.59 Å². The minimum Gasteiger partial charge on any atom is -0.497 e. The predicted octanol–water partition coefficient (Wildman–Crippen LogP) is 2.78. The normalized spacial score (nSPS) is 17.8. The molecule has 0 radical (unpaired) electrons. The van der Waals surface area contributed by atoms with Crippen LogP contribution in [-0.4, -0.2) is 62.3 Å². The molecule has 184 valence electrons. The number of pyridine rings is 1. The summed E-state index contributed by atoms with van der Waals surface area (Å²) in [4.78, 5) is 30.6. The molecule has 1 saturated heterocycles. The average molecular weight is 481 g/mol. The van der Waals surface area contributed by atoms with Gasteiger partial charge in [-0.25, -0.2) is 4.39 Å². The van der Waals surface area contributed by atoms with Crippen LogP contribution in [-0.2, 0) is 6.54 Å². The first-order valence-electron chi connectivity index (χ1n) is 11.8. The van der Waals surface area contributed by atoms with Gasteiger partial charge in [0.1, 0.15) is 23.6 Å². The van der Waals surface area contributed by atoms with E-state index >= 15 is 4.39 Å². The number of hydrogen-bond acceptors (Lipinski definition) is 6. The maximum atomic E-state index is 15.5. The molecule has 0 bridgehead atoms. The van der Waals surface area contributed by atoms with Crippen LogP contribution in [0.2, 0.25) is 0 Å². The Morgan fingerprint density at radius 2 is 1.91 bits per heavy atom. The van der Waals surface area contributed by atoms with Crippen molar-refractivity contribution in [2.75, 3.05) is 51.8 Å². The lowest BCUT2D eigenvalue weighted by Gasteiger charge is -2.37. The van der Waals surface area contributed by atoms with Crippen molar-refractivity contribution in [1.82, 2.24) is 14.8 Å². The highest BCUT2D eigenvalue weighted by molar-refractivity contribution is 6.00. The summed E-state index contributed by atoms with van der Waals surface area (Å²) >= 11 is 0. The number of piperazine rings is 1. The highest BCUT2D eigenvalue weighted by Gasteiger charge is 2.31. The maximum absolute atomic E-state index is 15.5. The molecule has 3 aromatic rings. The zero-order valence-corrected chi connectivity index (χ0v) is 20.1. The van der Waals surface area contributed by atoms with E-state index in [0.29, 0.717) is 36.6 Å². The molecule has 9 heteroatoms. The number of rotatable bonds is 5. The summed E-state index contributed by atoms with van der Waals surface area (Å²) in [7, 11) is 3.62. The number of aromatic nitrogens is 1. The second-order valence-corrected chi connectivity index (χ2v) is 9.19. The SMILES string of the molecule is COc1ccc(CNC(=O)c2cn3c4c(c(N5CCN(C)CC5)c(F)cc4c2=O)OCC3C)cc1. The summed E-state index contributed by atoms with van der Waals surface area (Å²) in [5, 5.41) is 2.96. The number of hydrogen-bond donors (Lipinski definition) is 1. The van der Waals surface area contributed by atoms with E-state index in [1.54, 1.807) is 25.4 Å². The summed E-state index contributed by atoms with van der Waals surface area (Å²) in [6, 6.07) is 8.44. The highest BCUT2D eigenvalue weighted by Crippen LogP contribution is 2.42. The van der Waals surface area contributed by atoms with Crippen LogP contribution < -0.4 is 25.1 Å². The molecule has 0 aliphatic carbocycles. The first-order valence-corrected chi connectivity index (χ1v) is 11.8. The summed E-state index contributed by atoms with van der Waals surface area (Å²) in [6.45, 7) is 5.48. The third kappa shape index (κ3) is 4.20. The quantitative estimate of drug-likeness (QED) is 0.605. The molecule has 1 aromatic heterocycles. The van der Waals surface area contributed by atoms with E-state index < -0.39 is 17.2 Å². The molecule has 35 heavy (non-hydrogen) atoms. The van der Waals surface area contributed by atoms with Gasteiger partial charge in [0.05, 0.1) is 24.1 Å². The number of carbonyl (C=O) groups excluding carboxylic acids is 1. The van der Waals surface area contributed by atoms with E-state index in [1.165, 1.54) is 6.07 Å². The van der Waals surface area contributed by atoms with Gasteiger partial charge in [0, 0.05) is 38.9 Å². The Bertz CT molecular complexity index is 1330. The Balaban J connectivity index is 1.52. The number of nitrogens with zero attached hydrogens (tertiary/aromatic N) is 3. The predicted molar refractivity (Wildman–Crippen MR) is 132 cm³/mol. The number of methoxy groups -OCH3 is 1. The first-order chi connectivity index (χ1) is 16.9. The molecule has 0 saturated carbocycles. The van der Waals surface area contributed by atoms with Gasteiger partial charge in [-0.1, -0.05) is 12.1 Å². The van der Waals surface area contributed by atoms with Gasteiger partial charge in [-0.15, -0.1) is 0 Å². The maximum Gasteiger partial charge on any atom is 0.257 e. The minimum atomic E-state index is -0.508. The molecule has 0 spiro atoms. The third-order valence-electron chi connectivity index (χ3n) is 6.82. The van der Waals surface area contributed by atoms with Crippen molar-refractivity contribution < 1.29 is 18.7 Å². The van der Waals surface area contributed by atoms with Crippen molar-refractivity contribution in [3.63, 3.8) is 0 Å². The lowest BCUT2D eigenvalue weighted by molar-refractivity contribution is 0.0948. The van der Waals surface area contributed by atoms with Crippen molar-refractivity contribution in [2.45, 2.75) is 19.5 Å².